The van der Waals surface area contributed by atoms with Crippen molar-refractivity contribution in [3.8, 4) is 11.5 Å². The molecular formula is C33H39NO6. The SMILES string of the molecule is CC(C(=O)O)c1ccc(CC2CCCC2=O)cc1.COc1ccc2c3c1O[C@H]1C(=O)CC[C@H]4[C@@H](C2)N(C)CC[C@]314. The highest BCUT2D eigenvalue weighted by atomic mass is 16.5. The van der Waals surface area contributed by atoms with E-state index < -0.39 is 11.9 Å². The van der Waals surface area contributed by atoms with E-state index in [1.165, 1.54) is 11.1 Å². The van der Waals surface area contributed by atoms with Gasteiger partial charge in [0.2, 0.25) is 0 Å². The molecule has 1 spiro atoms. The van der Waals surface area contributed by atoms with Gasteiger partial charge in [-0.15, -0.1) is 0 Å². The van der Waals surface area contributed by atoms with Crippen LogP contribution >= 0.6 is 0 Å². The van der Waals surface area contributed by atoms with E-state index in [4.69, 9.17) is 14.6 Å². The van der Waals surface area contributed by atoms with Gasteiger partial charge >= 0.3 is 5.97 Å². The van der Waals surface area contributed by atoms with Crippen LogP contribution in [-0.4, -0.2) is 60.4 Å². The zero-order valence-corrected chi connectivity index (χ0v) is 23.7. The zero-order valence-electron chi connectivity index (χ0n) is 23.7. The molecule has 7 nitrogen and oxygen atoms in total. The summed E-state index contributed by atoms with van der Waals surface area (Å²) < 4.78 is 11.8. The zero-order chi connectivity index (χ0) is 28.2. The normalized spacial score (nSPS) is 30.6. The molecule has 2 heterocycles. The number of piperidine rings is 1. The number of ketones is 2. The van der Waals surface area contributed by atoms with Crippen LogP contribution < -0.4 is 9.47 Å². The van der Waals surface area contributed by atoms with Crippen molar-refractivity contribution in [2.45, 2.75) is 81.8 Å². The quantitative estimate of drug-likeness (QED) is 0.581. The molecule has 1 N–H and O–H groups in total. The number of likely N-dealkylation sites (N-methyl/N-ethyl adjacent to an activating group) is 1. The van der Waals surface area contributed by atoms with Gasteiger partial charge in [-0.25, -0.2) is 0 Å². The molecule has 40 heavy (non-hydrogen) atoms. The maximum Gasteiger partial charge on any atom is 0.310 e. The molecule has 2 aliphatic heterocycles. The van der Waals surface area contributed by atoms with Crippen molar-refractivity contribution >= 4 is 17.5 Å². The van der Waals surface area contributed by atoms with Gasteiger partial charge in [-0.05, 0) is 87.7 Å². The highest BCUT2D eigenvalue weighted by molar-refractivity contribution is 5.89. The van der Waals surface area contributed by atoms with E-state index in [0.717, 1.165) is 74.1 Å². The number of carboxylic acids is 1. The van der Waals surface area contributed by atoms with E-state index in [9.17, 15) is 14.4 Å². The number of nitrogens with zero attached hydrogens (tertiary/aromatic N) is 1. The molecule has 2 bridgehead atoms. The third-order valence-corrected chi connectivity index (χ3v) is 10.4. The highest BCUT2D eigenvalue weighted by Crippen LogP contribution is 2.63. The molecule has 2 aromatic carbocycles. The monoisotopic (exact) mass is 545 g/mol. The van der Waals surface area contributed by atoms with Crippen molar-refractivity contribution in [1.82, 2.24) is 4.90 Å². The third-order valence-electron chi connectivity index (χ3n) is 10.4. The number of carbonyl (C=O) groups is 3. The van der Waals surface area contributed by atoms with Crippen LogP contribution in [0.5, 0.6) is 11.5 Å². The second-order valence-corrected chi connectivity index (χ2v) is 12.3. The fourth-order valence-electron chi connectivity index (χ4n) is 8.14. The van der Waals surface area contributed by atoms with Crippen molar-refractivity contribution < 1.29 is 29.0 Å². The maximum absolute atomic E-state index is 12.6. The fraction of sp³-hybridized carbons (Fsp3) is 0.545. The lowest BCUT2D eigenvalue weighted by molar-refractivity contribution is -0.139. The number of rotatable bonds is 5. The summed E-state index contributed by atoms with van der Waals surface area (Å²) in [6.45, 7) is 2.72. The first-order chi connectivity index (χ1) is 19.2. The highest BCUT2D eigenvalue weighted by Gasteiger charge is 2.65. The Kier molecular flexibility index (Phi) is 6.97. The summed E-state index contributed by atoms with van der Waals surface area (Å²) in [4.78, 5) is 37.5. The van der Waals surface area contributed by atoms with Crippen LogP contribution in [0.15, 0.2) is 36.4 Å². The number of benzene rings is 2. The molecule has 7 heteroatoms. The molecule has 0 amide bonds. The van der Waals surface area contributed by atoms with Gasteiger partial charge < -0.3 is 19.5 Å². The Balaban J connectivity index is 0.000000148. The van der Waals surface area contributed by atoms with Gasteiger partial charge in [0, 0.05) is 35.8 Å². The molecule has 212 valence electrons. The van der Waals surface area contributed by atoms with E-state index >= 15 is 0 Å². The number of aliphatic carboxylic acids is 1. The Bertz CT molecular complexity index is 1340. The van der Waals surface area contributed by atoms with Gasteiger partial charge in [0.15, 0.2) is 23.4 Å². The molecule has 3 aliphatic carbocycles. The Hall–Kier alpha value is -3.19. The van der Waals surface area contributed by atoms with Crippen LogP contribution in [0.25, 0.3) is 0 Å². The summed E-state index contributed by atoms with van der Waals surface area (Å²) in [5, 5.41) is 8.92. The van der Waals surface area contributed by atoms with Crippen molar-refractivity contribution in [2.24, 2.45) is 11.8 Å². The lowest BCUT2D eigenvalue weighted by Gasteiger charge is -2.57. The smallest absolute Gasteiger partial charge is 0.310 e. The summed E-state index contributed by atoms with van der Waals surface area (Å²) in [5.74, 6) is 1.71. The maximum atomic E-state index is 12.6. The van der Waals surface area contributed by atoms with E-state index in [1.807, 2.05) is 30.3 Å². The van der Waals surface area contributed by atoms with Gasteiger partial charge in [-0.1, -0.05) is 30.3 Å². The summed E-state index contributed by atoms with van der Waals surface area (Å²) in [6.07, 6.45) is 6.99. The van der Waals surface area contributed by atoms with Crippen molar-refractivity contribution in [3.05, 3.63) is 58.7 Å². The third kappa shape index (κ3) is 4.25. The molecule has 2 aromatic rings. The Labute approximate surface area is 235 Å². The topological polar surface area (TPSA) is 93.1 Å². The number of hydrogen-bond donors (Lipinski definition) is 1. The number of hydrogen-bond acceptors (Lipinski definition) is 6. The molecular weight excluding hydrogens is 506 g/mol. The van der Waals surface area contributed by atoms with E-state index in [0.29, 0.717) is 24.2 Å². The lowest BCUT2D eigenvalue weighted by Crippen LogP contribution is -2.65. The first-order valence-electron chi connectivity index (χ1n) is 14.7. The Morgan fingerprint density at radius 2 is 1.90 bits per heavy atom. The van der Waals surface area contributed by atoms with Gasteiger partial charge in [0.05, 0.1) is 13.0 Å². The van der Waals surface area contributed by atoms with Crippen molar-refractivity contribution in [3.63, 3.8) is 0 Å². The fourth-order valence-corrected chi connectivity index (χ4v) is 8.14. The Morgan fingerprint density at radius 3 is 2.58 bits per heavy atom. The molecule has 7 rings (SSSR count). The van der Waals surface area contributed by atoms with Gasteiger partial charge in [-0.2, -0.15) is 0 Å². The summed E-state index contributed by atoms with van der Waals surface area (Å²) in [5.41, 5.74) is 4.50. The van der Waals surface area contributed by atoms with Crippen LogP contribution in [0.3, 0.4) is 0 Å². The first kappa shape index (κ1) is 27.0. The molecule has 3 fully saturated rings. The molecule has 5 aliphatic rings. The minimum Gasteiger partial charge on any atom is -0.493 e. The van der Waals surface area contributed by atoms with E-state index in [2.05, 4.69) is 18.0 Å². The average molecular weight is 546 g/mol. The van der Waals surface area contributed by atoms with Crippen LogP contribution in [0, 0.1) is 11.8 Å². The first-order valence-corrected chi connectivity index (χ1v) is 14.7. The lowest BCUT2D eigenvalue weighted by atomic mass is 9.52. The second kappa shape index (κ2) is 10.3. The minimum atomic E-state index is -0.811. The molecule has 0 radical (unpaired) electrons. The van der Waals surface area contributed by atoms with E-state index in [1.54, 1.807) is 14.0 Å². The van der Waals surface area contributed by atoms with Crippen molar-refractivity contribution in [2.75, 3.05) is 20.7 Å². The van der Waals surface area contributed by atoms with Crippen LogP contribution in [0.1, 0.15) is 73.6 Å². The molecule has 2 unspecified atom stereocenters. The van der Waals surface area contributed by atoms with E-state index in [-0.39, 0.29) is 23.2 Å². The number of likely N-dealkylation sites (tertiary alicyclic amines) is 1. The summed E-state index contributed by atoms with van der Waals surface area (Å²) >= 11 is 0. The van der Waals surface area contributed by atoms with Gasteiger partial charge in [0.1, 0.15) is 5.78 Å². The number of carbonyl (C=O) groups excluding carboxylic acids is 2. The predicted molar refractivity (Wildman–Crippen MR) is 150 cm³/mol. The number of carboxylic acid groups (broad SMARTS) is 1. The van der Waals surface area contributed by atoms with Crippen molar-refractivity contribution in [1.29, 1.82) is 0 Å². The molecule has 6 atom stereocenters. The molecule has 2 saturated carbocycles. The Morgan fingerprint density at radius 1 is 1.12 bits per heavy atom. The summed E-state index contributed by atoms with van der Waals surface area (Å²) in [7, 11) is 3.91. The minimum absolute atomic E-state index is 0.0933. The number of Topliss-reactive ketones (excluding diaryl/α,β-unsaturated/α-hetero) is 2. The van der Waals surface area contributed by atoms with Gasteiger partial charge in [0.25, 0.3) is 0 Å². The number of ether oxygens (including phenoxy) is 2. The summed E-state index contributed by atoms with van der Waals surface area (Å²) in [6, 6.07) is 12.3. The average Bonchev–Trinajstić information content (AvgIpc) is 3.52. The number of methoxy groups -OCH3 is 1. The molecule has 0 aromatic heterocycles. The van der Waals surface area contributed by atoms with Crippen LogP contribution in [0.4, 0.5) is 0 Å². The van der Waals surface area contributed by atoms with Gasteiger partial charge in [-0.3, -0.25) is 14.4 Å². The standard InChI is InChI=1S/C18H21NO3.C15H18O3/c1-19-8-7-18-11-4-5-13(20)17(18)22-16-14(21-2)6-3-10(15(16)18)9-12(11)19;1-10(15(17)18)12-7-5-11(6-8-12)9-13-3-2-4-14(13)16/h3,6,11-12,17H,4-5,7-9H2,1-2H3;5-8,10,13H,2-4,9H2,1H3,(H,17,18)/t11-,12+,17-,18-;/m0./s1. The largest absolute Gasteiger partial charge is 0.493 e. The predicted octanol–water partition coefficient (Wildman–Crippen LogP) is 4.72. The second-order valence-electron chi connectivity index (χ2n) is 12.3. The van der Waals surface area contributed by atoms with Crippen LogP contribution in [-0.2, 0) is 32.6 Å². The van der Waals surface area contributed by atoms with Crippen LogP contribution in [0.2, 0.25) is 0 Å². The molecule has 1 saturated heterocycles.